The number of fused-ring (bicyclic) bond motifs is 1. The highest BCUT2D eigenvalue weighted by Crippen LogP contribution is 2.49. The van der Waals surface area contributed by atoms with Gasteiger partial charge in [-0.15, -0.1) is 0 Å². The lowest BCUT2D eigenvalue weighted by atomic mass is 9.74. The van der Waals surface area contributed by atoms with Crippen LogP contribution in [0.5, 0.6) is 0 Å². The monoisotopic (exact) mass is 209 g/mol. The quantitative estimate of drug-likeness (QED) is 0.640. The van der Waals surface area contributed by atoms with Crippen LogP contribution < -0.4 is 0 Å². The molecule has 1 nitrogen and oxygen atoms in total. The molecule has 0 aromatic carbocycles. The van der Waals surface area contributed by atoms with Crippen molar-refractivity contribution in [3.63, 3.8) is 0 Å². The Balaban J connectivity index is 2.05. The average Bonchev–Trinajstić information content (AvgIpc) is 2.56. The summed E-state index contributed by atoms with van der Waals surface area (Å²) in [4.78, 5) is 2.69. The third kappa shape index (κ3) is 2.08. The van der Waals surface area contributed by atoms with Crippen molar-refractivity contribution < 1.29 is 0 Å². The van der Waals surface area contributed by atoms with Crippen LogP contribution in [0.3, 0.4) is 0 Å². The second-order valence-corrected chi connectivity index (χ2v) is 7.02. The maximum Gasteiger partial charge on any atom is 0.00388 e. The van der Waals surface area contributed by atoms with Gasteiger partial charge in [-0.25, -0.2) is 0 Å². The van der Waals surface area contributed by atoms with Gasteiger partial charge >= 0.3 is 0 Å². The van der Waals surface area contributed by atoms with Crippen molar-refractivity contribution in [2.24, 2.45) is 23.2 Å². The standard InChI is InChI=1S/C14H27N/c1-10(2)15-8-11-6-7-13(12(11)9-15)14(3,4)5/h10-13H,6-9H2,1-5H3. The Morgan fingerprint density at radius 3 is 2.27 bits per heavy atom. The first kappa shape index (κ1) is 11.4. The third-order valence-corrected chi connectivity index (χ3v) is 4.73. The summed E-state index contributed by atoms with van der Waals surface area (Å²) >= 11 is 0. The second-order valence-electron chi connectivity index (χ2n) is 7.02. The van der Waals surface area contributed by atoms with E-state index in [0.29, 0.717) is 5.41 Å². The minimum Gasteiger partial charge on any atom is -0.300 e. The van der Waals surface area contributed by atoms with Gasteiger partial charge in [0.1, 0.15) is 0 Å². The molecule has 1 heteroatoms. The van der Waals surface area contributed by atoms with Crippen molar-refractivity contribution in [2.45, 2.75) is 53.5 Å². The van der Waals surface area contributed by atoms with E-state index in [1.165, 1.54) is 25.9 Å². The van der Waals surface area contributed by atoms with Crippen LogP contribution >= 0.6 is 0 Å². The van der Waals surface area contributed by atoms with Crippen LogP contribution in [0.4, 0.5) is 0 Å². The fourth-order valence-corrected chi connectivity index (χ4v) is 3.80. The summed E-state index contributed by atoms with van der Waals surface area (Å²) in [5, 5.41) is 0. The van der Waals surface area contributed by atoms with Gasteiger partial charge in [0.15, 0.2) is 0 Å². The molecule has 2 aliphatic rings. The van der Waals surface area contributed by atoms with E-state index in [2.05, 4.69) is 39.5 Å². The zero-order valence-corrected chi connectivity index (χ0v) is 11.1. The minimum atomic E-state index is 0.520. The summed E-state index contributed by atoms with van der Waals surface area (Å²) in [6.07, 6.45) is 2.96. The van der Waals surface area contributed by atoms with Crippen molar-refractivity contribution in [1.29, 1.82) is 0 Å². The van der Waals surface area contributed by atoms with Crippen molar-refractivity contribution in [3.8, 4) is 0 Å². The van der Waals surface area contributed by atoms with E-state index >= 15 is 0 Å². The molecule has 2 fully saturated rings. The van der Waals surface area contributed by atoms with Crippen LogP contribution in [-0.2, 0) is 0 Å². The molecule has 0 radical (unpaired) electrons. The first-order valence-corrected chi connectivity index (χ1v) is 6.63. The van der Waals surface area contributed by atoms with Gasteiger partial charge in [0, 0.05) is 19.1 Å². The first-order valence-electron chi connectivity index (χ1n) is 6.63. The van der Waals surface area contributed by atoms with Crippen molar-refractivity contribution in [2.75, 3.05) is 13.1 Å². The molecule has 2 rings (SSSR count). The number of hydrogen-bond donors (Lipinski definition) is 0. The summed E-state index contributed by atoms with van der Waals surface area (Å²) in [7, 11) is 0. The van der Waals surface area contributed by atoms with Gasteiger partial charge in [0.05, 0.1) is 0 Å². The van der Waals surface area contributed by atoms with E-state index in [4.69, 9.17) is 0 Å². The molecule has 1 saturated carbocycles. The SMILES string of the molecule is CC(C)N1CC2CCC(C(C)(C)C)C2C1. The van der Waals surface area contributed by atoms with Crippen LogP contribution in [0.15, 0.2) is 0 Å². The van der Waals surface area contributed by atoms with E-state index in [-0.39, 0.29) is 0 Å². The molecule has 1 saturated heterocycles. The lowest BCUT2D eigenvalue weighted by Crippen LogP contribution is -2.32. The minimum absolute atomic E-state index is 0.520. The fourth-order valence-electron chi connectivity index (χ4n) is 3.80. The van der Waals surface area contributed by atoms with Crippen molar-refractivity contribution in [1.82, 2.24) is 4.90 Å². The molecule has 1 heterocycles. The number of hydrogen-bond acceptors (Lipinski definition) is 1. The summed E-state index contributed by atoms with van der Waals surface area (Å²) in [6.45, 7) is 14.7. The smallest absolute Gasteiger partial charge is 0.00388 e. The van der Waals surface area contributed by atoms with Gasteiger partial charge in [-0.1, -0.05) is 20.8 Å². The Morgan fingerprint density at radius 1 is 1.07 bits per heavy atom. The fraction of sp³-hybridized carbons (Fsp3) is 1.00. The van der Waals surface area contributed by atoms with Gasteiger partial charge < -0.3 is 4.90 Å². The van der Waals surface area contributed by atoms with Crippen LogP contribution in [-0.4, -0.2) is 24.0 Å². The highest BCUT2D eigenvalue weighted by Gasteiger charge is 2.46. The second kappa shape index (κ2) is 3.76. The summed E-state index contributed by atoms with van der Waals surface area (Å²) < 4.78 is 0. The average molecular weight is 209 g/mol. The van der Waals surface area contributed by atoms with Crippen LogP contribution in [0.1, 0.15) is 47.5 Å². The van der Waals surface area contributed by atoms with Crippen LogP contribution in [0.2, 0.25) is 0 Å². The predicted molar refractivity (Wildman–Crippen MR) is 65.9 cm³/mol. The number of nitrogens with zero attached hydrogens (tertiary/aromatic N) is 1. The third-order valence-electron chi connectivity index (χ3n) is 4.73. The van der Waals surface area contributed by atoms with E-state index < -0.39 is 0 Å². The van der Waals surface area contributed by atoms with Crippen molar-refractivity contribution >= 4 is 0 Å². The van der Waals surface area contributed by atoms with Gasteiger partial charge in [-0.05, 0) is 49.9 Å². The Morgan fingerprint density at radius 2 is 1.73 bits per heavy atom. The molecule has 0 aromatic rings. The number of rotatable bonds is 1. The lowest BCUT2D eigenvalue weighted by molar-refractivity contribution is 0.163. The molecule has 1 aliphatic heterocycles. The Kier molecular flexibility index (Phi) is 2.87. The van der Waals surface area contributed by atoms with E-state index in [9.17, 15) is 0 Å². The van der Waals surface area contributed by atoms with Crippen LogP contribution in [0.25, 0.3) is 0 Å². The zero-order valence-electron chi connectivity index (χ0n) is 11.1. The molecular formula is C14H27N. The molecule has 3 atom stereocenters. The molecule has 88 valence electrons. The molecule has 0 spiro atoms. The van der Waals surface area contributed by atoms with E-state index in [0.717, 1.165) is 23.8 Å². The van der Waals surface area contributed by atoms with Gasteiger partial charge in [-0.2, -0.15) is 0 Å². The Labute approximate surface area is 95.2 Å². The Hall–Kier alpha value is -0.0400. The van der Waals surface area contributed by atoms with Crippen LogP contribution in [0, 0.1) is 23.2 Å². The molecule has 0 N–H and O–H groups in total. The summed E-state index contributed by atoms with van der Waals surface area (Å²) in [5.41, 5.74) is 0.520. The maximum atomic E-state index is 2.69. The topological polar surface area (TPSA) is 3.24 Å². The molecule has 15 heavy (non-hydrogen) atoms. The van der Waals surface area contributed by atoms with Crippen molar-refractivity contribution in [3.05, 3.63) is 0 Å². The largest absolute Gasteiger partial charge is 0.300 e. The first-order chi connectivity index (χ1) is 6.89. The molecule has 1 aliphatic carbocycles. The summed E-state index contributed by atoms with van der Waals surface area (Å²) in [5.74, 6) is 2.97. The lowest BCUT2D eigenvalue weighted by Gasteiger charge is -2.32. The molecule has 0 aromatic heterocycles. The normalized spacial score (nSPS) is 37.6. The highest BCUT2D eigenvalue weighted by atomic mass is 15.2. The molecule has 3 unspecified atom stereocenters. The number of likely N-dealkylation sites (tertiary alicyclic amines) is 1. The Bertz CT molecular complexity index is 226. The van der Waals surface area contributed by atoms with Gasteiger partial charge in [0.2, 0.25) is 0 Å². The van der Waals surface area contributed by atoms with Gasteiger partial charge in [-0.3, -0.25) is 0 Å². The summed E-state index contributed by atoms with van der Waals surface area (Å²) in [6, 6.07) is 0.746. The maximum absolute atomic E-state index is 2.69. The molecule has 0 bridgehead atoms. The van der Waals surface area contributed by atoms with E-state index in [1.807, 2.05) is 0 Å². The predicted octanol–water partition coefficient (Wildman–Crippen LogP) is 3.40. The molecule has 0 amide bonds. The highest BCUT2D eigenvalue weighted by molar-refractivity contribution is 4.97. The van der Waals surface area contributed by atoms with Gasteiger partial charge in [0.25, 0.3) is 0 Å². The van der Waals surface area contributed by atoms with E-state index in [1.54, 1.807) is 0 Å². The zero-order chi connectivity index (χ0) is 11.2. The molecular weight excluding hydrogens is 182 g/mol.